The average Bonchev–Trinajstić information content (AvgIpc) is 3.32. The lowest BCUT2D eigenvalue weighted by molar-refractivity contribution is 0.414. The number of rotatable bonds is 6. The van der Waals surface area contributed by atoms with Crippen LogP contribution in [-0.2, 0) is 0 Å². The SMILES string of the molecule is COc1ccc(/C=C2\CCCC3=C2N=c2s/c(=C\C=C\c4ccccc4)c(=O)n2[C@@H]3c2ccc(OC)cc2)cc1. The van der Waals surface area contributed by atoms with Crippen molar-refractivity contribution >= 4 is 29.6 Å². The van der Waals surface area contributed by atoms with Crippen LogP contribution in [0.3, 0.4) is 0 Å². The molecule has 6 heteroatoms. The molecule has 40 heavy (non-hydrogen) atoms. The summed E-state index contributed by atoms with van der Waals surface area (Å²) >= 11 is 1.45. The van der Waals surface area contributed by atoms with E-state index < -0.39 is 0 Å². The minimum atomic E-state index is -0.211. The van der Waals surface area contributed by atoms with E-state index in [4.69, 9.17) is 14.5 Å². The van der Waals surface area contributed by atoms with Crippen LogP contribution in [0.25, 0.3) is 18.2 Å². The van der Waals surface area contributed by atoms with Crippen LogP contribution >= 0.6 is 11.3 Å². The van der Waals surface area contributed by atoms with Crippen molar-refractivity contribution in [1.82, 2.24) is 4.57 Å². The fourth-order valence-corrected chi connectivity index (χ4v) is 6.32. The van der Waals surface area contributed by atoms with E-state index in [0.717, 1.165) is 58.0 Å². The third-order valence-electron chi connectivity index (χ3n) is 7.36. The van der Waals surface area contributed by atoms with Crippen molar-refractivity contribution in [2.45, 2.75) is 25.3 Å². The van der Waals surface area contributed by atoms with Crippen molar-refractivity contribution in [3.05, 3.63) is 138 Å². The summed E-state index contributed by atoms with van der Waals surface area (Å²) in [6.07, 6.45) is 10.9. The Labute approximate surface area is 237 Å². The zero-order valence-corrected chi connectivity index (χ0v) is 23.4. The lowest BCUT2D eigenvalue weighted by Crippen LogP contribution is -2.38. The molecule has 0 amide bonds. The molecule has 1 atom stereocenters. The molecule has 1 aromatic heterocycles. The molecule has 0 spiro atoms. The second-order valence-corrected chi connectivity index (χ2v) is 10.8. The number of hydrogen-bond acceptors (Lipinski definition) is 5. The van der Waals surface area contributed by atoms with Crippen LogP contribution in [0.15, 0.2) is 112 Å². The monoisotopic (exact) mass is 546 g/mol. The number of ether oxygens (including phenoxy) is 2. The maximum Gasteiger partial charge on any atom is 0.271 e. The van der Waals surface area contributed by atoms with E-state index in [1.54, 1.807) is 14.2 Å². The molecule has 0 radical (unpaired) electrons. The molecule has 1 aliphatic heterocycles. The van der Waals surface area contributed by atoms with E-state index in [-0.39, 0.29) is 11.6 Å². The highest BCUT2D eigenvalue weighted by Gasteiger charge is 2.32. The normalized spacial score (nSPS) is 18.0. The molecule has 2 aliphatic rings. The number of hydrogen-bond donors (Lipinski definition) is 0. The Bertz CT molecular complexity index is 1790. The Hall–Kier alpha value is -4.42. The lowest BCUT2D eigenvalue weighted by atomic mass is 9.84. The predicted molar refractivity (Wildman–Crippen MR) is 162 cm³/mol. The molecule has 0 bridgehead atoms. The number of aromatic nitrogens is 1. The van der Waals surface area contributed by atoms with E-state index in [1.165, 1.54) is 22.5 Å². The number of fused-ring (bicyclic) bond motifs is 1. The van der Waals surface area contributed by atoms with Crippen LogP contribution in [0.2, 0.25) is 0 Å². The van der Waals surface area contributed by atoms with Gasteiger partial charge in [0.2, 0.25) is 0 Å². The minimum absolute atomic E-state index is 0.0138. The molecule has 5 nitrogen and oxygen atoms in total. The summed E-state index contributed by atoms with van der Waals surface area (Å²) in [6.45, 7) is 0. The zero-order chi connectivity index (χ0) is 27.5. The maximum absolute atomic E-state index is 13.8. The Morgan fingerprint density at radius 1 is 0.875 bits per heavy atom. The second-order valence-electron chi connectivity index (χ2n) is 9.82. The summed E-state index contributed by atoms with van der Waals surface area (Å²) in [5, 5.41) is 0. The zero-order valence-electron chi connectivity index (χ0n) is 22.5. The van der Waals surface area contributed by atoms with Gasteiger partial charge >= 0.3 is 0 Å². The molecular weight excluding hydrogens is 516 g/mol. The number of nitrogens with zero attached hydrogens (tertiary/aromatic N) is 2. The Balaban J connectivity index is 1.49. The number of allylic oxidation sites excluding steroid dienone is 3. The molecule has 1 aliphatic carbocycles. The predicted octanol–water partition coefficient (Wildman–Crippen LogP) is 6.17. The molecule has 0 saturated heterocycles. The summed E-state index contributed by atoms with van der Waals surface area (Å²) in [5.74, 6) is 1.63. The Kier molecular flexibility index (Phi) is 7.34. The molecular formula is C34H30N2O3S. The highest BCUT2D eigenvalue weighted by atomic mass is 32.1. The summed E-state index contributed by atoms with van der Waals surface area (Å²) in [7, 11) is 3.34. The van der Waals surface area contributed by atoms with E-state index in [1.807, 2.05) is 77.4 Å². The Morgan fingerprint density at radius 3 is 2.27 bits per heavy atom. The fraction of sp³-hybridized carbons (Fsp3) is 0.176. The summed E-state index contributed by atoms with van der Waals surface area (Å²) in [4.78, 5) is 19.7. The van der Waals surface area contributed by atoms with Crippen molar-refractivity contribution in [3.8, 4) is 11.5 Å². The summed E-state index contributed by atoms with van der Waals surface area (Å²) in [5.41, 5.74) is 6.64. The van der Waals surface area contributed by atoms with Crippen molar-refractivity contribution in [1.29, 1.82) is 0 Å². The number of methoxy groups -OCH3 is 2. The van der Waals surface area contributed by atoms with Gasteiger partial charge in [-0.1, -0.05) is 78.1 Å². The third-order valence-corrected chi connectivity index (χ3v) is 8.36. The van der Waals surface area contributed by atoms with Crippen molar-refractivity contribution in [2.75, 3.05) is 14.2 Å². The molecule has 6 rings (SSSR count). The first-order valence-electron chi connectivity index (χ1n) is 13.4. The van der Waals surface area contributed by atoms with Gasteiger partial charge in [-0.25, -0.2) is 4.99 Å². The van der Waals surface area contributed by atoms with Crippen LogP contribution in [0.5, 0.6) is 11.5 Å². The average molecular weight is 547 g/mol. The van der Waals surface area contributed by atoms with Crippen molar-refractivity contribution in [3.63, 3.8) is 0 Å². The Morgan fingerprint density at radius 2 is 1.57 bits per heavy atom. The topological polar surface area (TPSA) is 52.8 Å². The first kappa shape index (κ1) is 25.8. The molecule has 2 heterocycles. The van der Waals surface area contributed by atoms with Crippen LogP contribution < -0.4 is 24.4 Å². The second kappa shape index (κ2) is 11.4. The van der Waals surface area contributed by atoms with E-state index in [9.17, 15) is 4.79 Å². The van der Waals surface area contributed by atoms with Gasteiger partial charge in [0, 0.05) is 0 Å². The molecule has 200 valence electrons. The van der Waals surface area contributed by atoms with Crippen LogP contribution in [0.1, 0.15) is 42.0 Å². The van der Waals surface area contributed by atoms with Crippen LogP contribution in [-0.4, -0.2) is 18.8 Å². The summed E-state index contributed by atoms with van der Waals surface area (Å²) in [6, 6.07) is 26.0. The number of thiazole rings is 1. The molecule has 0 N–H and O–H groups in total. The highest BCUT2D eigenvalue weighted by Crippen LogP contribution is 2.41. The maximum atomic E-state index is 13.8. The molecule has 0 unspecified atom stereocenters. The molecule has 0 saturated carbocycles. The van der Waals surface area contributed by atoms with Gasteiger partial charge in [-0.2, -0.15) is 0 Å². The highest BCUT2D eigenvalue weighted by molar-refractivity contribution is 7.07. The minimum Gasteiger partial charge on any atom is -0.497 e. The first-order chi connectivity index (χ1) is 19.6. The van der Waals surface area contributed by atoms with Gasteiger partial charge in [0.25, 0.3) is 5.56 Å². The molecule has 4 aromatic rings. The van der Waals surface area contributed by atoms with Gasteiger partial charge in [0.1, 0.15) is 11.5 Å². The van der Waals surface area contributed by atoms with Gasteiger partial charge in [0.05, 0.1) is 30.5 Å². The lowest BCUT2D eigenvalue weighted by Gasteiger charge is -2.31. The van der Waals surface area contributed by atoms with Gasteiger partial charge in [-0.15, -0.1) is 0 Å². The van der Waals surface area contributed by atoms with Crippen LogP contribution in [0, 0.1) is 0 Å². The smallest absolute Gasteiger partial charge is 0.271 e. The van der Waals surface area contributed by atoms with E-state index in [0.29, 0.717) is 4.53 Å². The standard InChI is InChI=1S/C34H30N2O3S/c1-38-27-18-14-24(15-19-27)22-26-11-7-12-29-31(26)35-34-36(32(29)25-16-20-28(39-2)21-17-25)33(37)30(40-34)13-6-10-23-8-4-3-5-9-23/h3-6,8-10,13-22,32H,7,11-12H2,1-2H3/b10-6+,26-22+,30-13-/t32-/m1/s1. The van der Waals surface area contributed by atoms with Crippen molar-refractivity contribution < 1.29 is 9.47 Å². The van der Waals surface area contributed by atoms with Gasteiger partial charge in [-0.3, -0.25) is 9.36 Å². The quantitative estimate of drug-likeness (QED) is 0.291. The fourth-order valence-electron chi connectivity index (χ4n) is 5.37. The van der Waals surface area contributed by atoms with Gasteiger partial charge in [-0.05, 0) is 83.5 Å². The van der Waals surface area contributed by atoms with Gasteiger partial charge < -0.3 is 9.47 Å². The molecule has 3 aromatic carbocycles. The molecule has 0 fully saturated rings. The van der Waals surface area contributed by atoms with Crippen LogP contribution in [0.4, 0.5) is 0 Å². The van der Waals surface area contributed by atoms with Gasteiger partial charge in [0.15, 0.2) is 4.80 Å². The van der Waals surface area contributed by atoms with Crippen molar-refractivity contribution in [2.24, 2.45) is 4.99 Å². The number of benzene rings is 3. The summed E-state index contributed by atoms with van der Waals surface area (Å²) < 4.78 is 13.3. The first-order valence-corrected chi connectivity index (χ1v) is 14.2. The van der Waals surface area contributed by atoms with E-state index in [2.05, 4.69) is 30.3 Å². The largest absolute Gasteiger partial charge is 0.497 e. The van der Waals surface area contributed by atoms with E-state index >= 15 is 0 Å². The third kappa shape index (κ3) is 5.10.